The summed E-state index contributed by atoms with van der Waals surface area (Å²) in [5.41, 5.74) is 0.748. The fraction of sp³-hybridized carbons (Fsp3) is 0.381. The lowest BCUT2D eigenvalue weighted by atomic mass is 10.1. The van der Waals surface area contributed by atoms with Gasteiger partial charge in [-0.15, -0.1) is 0 Å². The van der Waals surface area contributed by atoms with Crippen molar-refractivity contribution in [1.29, 1.82) is 0 Å². The lowest BCUT2D eigenvalue weighted by Gasteiger charge is -2.10. The zero-order valence-electron chi connectivity index (χ0n) is 15.6. The number of hydrogen-bond donors (Lipinski definition) is 1. The van der Waals surface area contributed by atoms with E-state index in [1.165, 1.54) is 0 Å². The zero-order valence-corrected chi connectivity index (χ0v) is 17.1. The Bertz CT molecular complexity index is 733. The summed E-state index contributed by atoms with van der Waals surface area (Å²) in [7, 11) is 0. The molecule has 0 radical (unpaired) electrons. The molecule has 1 N–H and O–H groups in total. The van der Waals surface area contributed by atoms with Gasteiger partial charge >= 0.3 is 0 Å². The molecule has 0 aliphatic carbocycles. The predicted octanol–water partition coefficient (Wildman–Crippen LogP) is 6.22. The number of carbonyl (C=O) groups is 1. The average Bonchev–Trinajstić information content (AvgIpc) is 2.61. The van der Waals surface area contributed by atoms with Crippen LogP contribution in [0, 0.1) is 5.92 Å². The number of anilines is 1. The van der Waals surface area contributed by atoms with Gasteiger partial charge in [0.05, 0.1) is 18.2 Å². The summed E-state index contributed by atoms with van der Waals surface area (Å²) in [4.78, 5) is 12.0. The van der Waals surface area contributed by atoms with Crippen molar-refractivity contribution < 1.29 is 14.3 Å². The van der Waals surface area contributed by atoms with Gasteiger partial charge in [-0.1, -0.05) is 37.0 Å². The van der Waals surface area contributed by atoms with Crippen LogP contribution in [0.15, 0.2) is 42.5 Å². The molecule has 6 heteroatoms. The van der Waals surface area contributed by atoms with Crippen LogP contribution in [0.1, 0.15) is 33.1 Å². The first-order chi connectivity index (χ1) is 12.9. The van der Waals surface area contributed by atoms with Gasteiger partial charge in [0.1, 0.15) is 11.5 Å². The summed E-state index contributed by atoms with van der Waals surface area (Å²) < 4.78 is 11.2. The quantitative estimate of drug-likeness (QED) is 0.474. The molecule has 0 fully saturated rings. The van der Waals surface area contributed by atoms with Crippen LogP contribution in [0.5, 0.6) is 11.5 Å². The molecular formula is C21H25Cl2NO3. The van der Waals surface area contributed by atoms with Crippen LogP contribution in [0.2, 0.25) is 10.0 Å². The Morgan fingerprint density at radius 1 is 1.04 bits per heavy atom. The first-order valence-electron chi connectivity index (χ1n) is 9.04. The van der Waals surface area contributed by atoms with Crippen molar-refractivity contribution in [3.63, 3.8) is 0 Å². The van der Waals surface area contributed by atoms with Gasteiger partial charge in [0.2, 0.25) is 5.91 Å². The molecule has 0 atom stereocenters. The zero-order chi connectivity index (χ0) is 19.6. The molecule has 0 saturated heterocycles. The molecular weight excluding hydrogens is 385 g/mol. The van der Waals surface area contributed by atoms with Crippen molar-refractivity contribution in [3.8, 4) is 11.5 Å². The standard InChI is InChI=1S/C21H25Cl2NO3/c1-15(2)11-13-26-18-8-6-17(7-9-18)24-21(25)4-3-12-27-20-10-5-16(22)14-19(20)23/h5-10,14-15H,3-4,11-13H2,1-2H3,(H,24,25). The number of benzene rings is 2. The van der Waals surface area contributed by atoms with Gasteiger partial charge < -0.3 is 14.8 Å². The minimum Gasteiger partial charge on any atom is -0.494 e. The molecule has 0 heterocycles. The number of carbonyl (C=O) groups excluding carboxylic acids is 1. The second kappa shape index (κ2) is 11.1. The fourth-order valence-electron chi connectivity index (χ4n) is 2.28. The third-order valence-corrected chi connectivity index (χ3v) is 4.33. The van der Waals surface area contributed by atoms with Crippen molar-refractivity contribution in [2.45, 2.75) is 33.1 Å². The van der Waals surface area contributed by atoms with Gasteiger partial charge in [-0.25, -0.2) is 0 Å². The molecule has 2 aromatic rings. The molecule has 0 aliphatic rings. The van der Waals surface area contributed by atoms with Crippen molar-refractivity contribution in [3.05, 3.63) is 52.5 Å². The van der Waals surface area contributed by atoms with Gasteiger partial charge in [0, 0.05) is 17.1 Å². The van der Waals surface area contributed by atoms with E-state index in [1.807, 2.05) is 24.3 Å². The minimum atomic E-state index is -0.0609. The topological polar surface area (TPSA) is 47.6 Å². The van der Waals surface area contributed by atoms with Gasteiger partial charge in [0.15, 0.2) is 0 Å². The maximum Gasteiger partial charge on any atom is 0.224 e. The minimum absolute atomic E-state index is 0.0609. The lowest BCUT2D eigenvalue weighted by Crippen LogP contribution is -2.12. The molecule has 4 nitrogen and oxygen atoms in total. The fourth-order valence-corrected chi connectivity index (χ4v) is 2.74. The van der Waals surface area contributed by atoms with Gasteiger partial charge in [-0.05, 0) is 61.2 Å². The van der Waals surface area contributed by atoms with E-state index >= 15 is 0 Å². The van der Waals surface area contributed by atoms with Crippen molar-refractivity contribution in [2.24, 2.45) is 5.92 Å². The van der Waals surface area contributed by atoms with Crippen LogP contribution in [-0.2, 0) is 4.79 Å². The van der Waals surface area contributed by atoms with Crippen LogP contribution >= 0.6 is 23.2 Å². The van der Waals surface area contributed by atoms with Crippen LogP contribution in [0.4, 0.5) is 5.69 Å². The summed E-state index contributed by atoms with van der Waals surface area (Å²) in [5, 5.41) is 3.89. The Hall–Kier alpha value is -1.91. The number of ether oxygens (including phenoxy) is 2. The summed E-state index contributed by atoms with van der Waals surface area (Å²) in [6.45, 7) is 5.42. The van der Waals surface area contributed by atoms with Gasteiger partial charge in [-0.3, -0.25) is 4.79 Å². The second-order valence-electron chi connectivity index (χ2n) is 6.63. The van der Waals surface area contributed by atoms with Crippen molar-refractivity contribution >= 4 is 34.8 Å². The van der Waals surface area contributed by atoms with E-state index in [4.69, 9.17) is 32.7 Å². The molecule has 27 heavy (non-hydrogen) atoms. The smallest absolute Gasteiger partial charge is 0.224 e. The number of halogens is 2. The Kier molecular flexibility index (Phi) is 8.76. The maximum atomic E-state index is 12.0. The molecule has 0 aliphatic heterocycles. The van der Waals surface area contributed by atoms with Crippen LogP contribution in [-0.4, -0.2) is 19.1 Å². The summed E-state index contributed by atoms with van der Waals surface area (Å²) in [5.74, 6) is 1.92. The van der Waals surface area contributed by atoms with Crippen LogP contribution in [0.3, 0.4) is 0 Å². The van der Waals surface area contributed by atoms with Gasteiger partial charge in [0.25, 0.3) is 0 Å². The van der Waals surface area contributed by atoms with E-state index in [-0.39, 0.29) is 5.91 Å². The Balaban J connectivity index is 1.67. The highest BCUT2D eigenvalue weighted by atomic mass is 35.5. The number of rotatable bonds is 10. The molecule has 0 unspecified atom stereocenters. The molecule has 2 aromatic carbocycles. The summed E-state index contributed by atoms with van der Waals surface area (Å²) in [6.07, 6.45) is 1.96. The Morgan fingerprint density at radius 2 is 1.78 bits per heavy atom. The second-order valence-corrected chi connectivity index (χ2v) is 7.47. The third kappa shape index (κ3) is 8.10. The SMILES string of the molecule is CC(C)CCOc1ccc(NC(=O)CCCOc2ccc(Cl)cc2Cl)cc1. The first-order valence-corrected chi connectivity index (χ1v) is 9.80. The lowest BCUT2D eigenvalue weighted by molar-refractivity contribution is -0.116. The largest absolute Gasteiger partial charge is 0.494 e. The highest BCUT2D eigenvalue weighted by Crippen LogP contribution is 2.27. The van der Waals surface area contributed by atoms with Crippen molar-refractivity contribution in [2.75, 3.05) is 18.5 Å². The average molecular weight is 410 g/mol. The first kappa shape index (κ1) is 21.4. The van der Waals surface area contributed by atoms with Gasteiger partial charge in [-0.2, -0.15) is 0 Å². The van der Waals surface area contributed by atoms with E-state index in [1.54, 1.807) is 18.2 Å². The molecule has 1 amide bonds. The number of hydrogen-bond acceptors (Lipinski definition) is 3. The highest BCUT2D eigenvalue weighted by molar-refractivity contribution is 6.35. The molecule has 0 spiro atoms. The maximum absolute atomic E-state index is 12.0. The monoisotopic (exact) mass is 409 g/mol. The summed E-state index contributed by atoms with van der Waals surface area (Å²) >= 11 is 11.9. The molecule has 0 saturated carbocycles. The molecule has 0 bridgehead atoms. The van der Waals surface area contributed by atoms with Crippen LogP contribution in [0.25, 0.3) is 0 Å². The Morgan fingerprint density at radius 3 is 2.44 bits per heavy atom. The van der Waals surface area contributed by atoms with E-state index in [2.05, 4.69) is 19.2 Å². The van der Waals surface area contributed by atoms with E-state index in [9.17, 15) is 4.79 Å². The highest BCUT2D eigenvalue weighted by Gasteiger charge is 2.05. The molecule has 0 aromatic heterocycles. The predicted molar refractivity (Wildman–Crippen MR) is 111 cm³/mol. The van der Waals surface area contributed by atoms with E-state index in [0.717, 1.165) is 17.9 Å². The van der Waals surface area contributed by atoms with E-state index in [0.29, 0.717) is 47.8 Å². The third-order valence-electron chi connectivity index (χ3n) is 3.80. The molecule has 2 rings (SSSR count). The van der Waals surface area contributed by atoms with Crippen molar-refractivity contribution in [1.82, 2.24) is 0 Å². The summed E-state index contributed by atoms with van der Waals surface area (Å²) in [6, 6.07) is 12.5. The molecule has 146 valence electrons. The normalized spacial score (nSPS) is 10.7. The Labute approximate surface area is 170 Å². The van der Waals surface area contributed by atoms with E-state index < -0.39 is 0 Å². The number of amides is 1. The van der Waals surface area contributed by atoms with Crippen LogP contribution < -0.4 is 14.8 Å². The number of nitrogens with one attached hydrogen (secondary N) is 1.